The molecule has 0 unspecified atom stereocenters. The van der Waals surface area contributed by atoms with Gasteiger partial charge in [-0.25, -0.2) is 0 Å². The Bertz CT molecular complexity index is 151. The Morgan fingerprint density at radius 3 is 2.25 bits per heavy atom. The summed E-state index contributed by atoms with van der Waals surface area (Å²) in [5.41, 5.74) is 0.101. The van der Waals surface area contributed by atoms with Crippen LogP contribution in [-0.2, 0) is 4.79 Å². The Hall–Kier alpha value is 0.340. The molecule has 2 nitrogen and oxygen atoms in total. The van der Waals surface area contributed by atoms with Gasteiger partial charge in [0.05, 0.1) is 6.42 Å². The van der Waals surface area contributed by atoms with Crippen LogP contribution < -0.4 is 0 Å². The zero-order valence-electron chi connectivity index (χ0n) is 7.68. The second kappa shape index (κ2) is 5.15. The van der Waals surface area contributed by atoms with Crippen molar-refractivity contribution >= 4 is 31.8 Å². The molecule has 0 aromatic carbocycles. The van der Waals surface area contributed by atoms with Crippen LogP contribution in [0.2, 0.25) is 0 Å². The van der Waals surface area contributed by atoms with Crippen LogP contribution in [0.25, 0.3) is 0 Å². The molecule has 1 saturated carbocycles. The van der Waals surface area contributed by atoms with Gasteiger partial charge in [0, 0.05) is 25.8 Å². The summed E-state index contributed by atoms with van der Waals surface area (Å²) in [4.78, 5) is 10.5. The number of carbonyl (C=O) groups is 1. The van der Waals surface area contributed by atoms with Crippen LogP contribution in [0.1, 0.15) is 45.4 Å². The minimum Gasteiger partial charge on any atom is -0.481 e. The van der Waals surface area contributed by atoms with E-state index in [1.54, 1.807) is 0 Å². The van der Waals surface area contributed by atoms with Crippen molar-refractivity contribution in [3.63, 3.8) is 0 Å². The van der Waals surface area contributed by atoms with Crippen LogP contribution >= 0.6 is 0 Å². The minimum absolute atomic E-state index is 0. The normalized spacial score (nSPS) is 21.1. The Kier molecular flexibility index (Phi) is 5.30. The van der Waals surface area contributed by atoms with E-state index in [-0.39, 0.29) is 31.3 Å². The first-order chi connectivity index (χ1) is 5.12. The summed E-state index contributed by atoms with van der Waals surface area (Å²) in [7, 11) is 0. The van der Waals surface area contributed by atoms with Crippen molar-refractivity contribution in [2.75, 3.05) is 0 Å². The predicted molar refractivity (Wildman–Crippen MR) is 49.2 cm³/mol. The van der Waals surface area contributed by atoms with Crippen LogP contribution in [0.15, 0.2) is 0 Å². The van der Waals surface area contributed by atoms with Crippen LogP contribution in [0.5, 0.6) is 0 Å². The molecule has 0 saturated heterocycles. The van der Waals surface area contributed by atoms with Gasteiger partial charge >= 0.3 is 5.97 Å². The quantitative estimate of drug-likeness (QED) is 0.834. The number of carboxylic acids is 1. The van der Waals surface area contributed by atoms with Crippen molar-refractivity contribution in [3.8, 4) is 0 Å². The van der Waals surface area contributed by atoms with E-state index in [0.29, 0.717) is 6.42 Å². The first kappa shape index (κ1) is 12.3. The zero-order valence-corrected chi connectivity index (χ0v) is 11.0. The average Bonchev–Trinajstić information content (AvgIpc) is 1.85. The van der Waals surface area contributed by atoms with E-state index in [1.165, 1.54) is 19.3 Å². The van der Waals surface area contributed by atoms with E-state index >= 15 is 0 Å². The fraction of sp³-hybridized carbons (Fsp3) is 0.889. The molecular weight excluding hydrogens is 255 g/mol. The molecule has 0 spiro atoms. The molecule has 1 fully saturated rings. The Labute approximate surface area is 92.5 Å². The number of carboxylic acid groups (broad SMARTS) is 1. The minimum atomic E-state index is -0.644. The van der Waals surface area contributed by atoms with Gasteiger partial charge in [-0.15, -0.1) is 0 Å². The van der Waals surface area contributed by atoms with Gasteiger partial charge in [0.25, 0.3) is 0 Å². The monoisotopic (exact) mass is 271 g/mol. The first-order valence-electron chi connectivity index (χ1n) is 4.34. The fourth-order valence-electron chi connectivity index (χ4n) is 1.95. The van der Waals surface area contributed by atoms with E-state index in [1.807, 2.05) is 0 Å². The third kappa shape index (κ3) is 3.83. The van der Waals surface area contributed by atoms with Gasteiger partial charge in [0.2, 0.25) is 0 Å². The van der Waals surface area contributed by atoms with E-state index in [0.717, 1.165) is 12.8 Å². The second-order valence-electron chi connectivity index (χ2n) is 3.94. The van der Waals surface area contributed by atoms with Gasteiger partial charge in [-0.3, -0.25) is 4.79 Å². The third-order valence-electron chi connectivity index (χ3n) is 2.64. The molecule has 3 radical (unpaired) electrons. The molecule has 0 heterocycles. The summed E-state index contributed by atoms with van der Waals surface area (Å²) in [6.07, 6.45) is 6.26. The zero-order chi connectivity index (χ0) is 8.32. The summed E-state index contributed by atoms with van der Waals surface area (Å²) >= 11 is 0. The summed E-state index contributed by atoms with van der Waals surface area (Å²) < 4.78 is 0. The van der Waals surface area contributed by atoms with Crippen molar-refractivity contribution < 1.29 is 9.90 Å². The fourth-order valence-corrected chi connectivity index (χ4v) is 1.95. The molecule has 12 heavy (non-hydrogen) atoms. The van der Waals surface area contributed by atoms with E-state index < -0.39 is 5.97 Å². The molecule has 0 amide bonds. The SMILES string of the molecule is CC1(CC(=O)O)CCCCC1.[In]. The van der Waals surface area contributed by atoms with E-state index in [4.69, 9.17) is 5.11 Å². The molecule has 0 aliphatic heterocycles. The van der Waals surface area contributed by atoms with Crippen LogP contribution in [0, 0.1) is 5.41 Å². The molecular formula is C9H16InO2. The standard InChI is InChI=1S/C9H16O2.In/c1-9(7-8(10)11)5-3-2-4-6-9;/h2-7H2,1H3,(H,10,11);. The summed E-state index contributed by atoms with van der Waals surface area (Å²) in [5.74, 6) is -0.644. The van der Waals surface area contributed by atoms with Gasteiger partial charge in [-0.1, -0.05) is 26.2 Å². The molecule has 0 aromatic rings. The maximum atomic E-state index is 10.5. The maximum Gasteiger partial charge on any atom is 0.303 e. The molecule has 1 aliphatic rings. The largest absolute Gasteiger partial charge is 0.481 e. The van der Waals surface area contributed by atoms with E-state index in [9.17, 15) is 4.79 Å². The third-order valence-corrected chi connectivity index (χ3v) is 2.64. The van der Waals surface area contributed by atoms with Crippen LogP contribution in [0.3, 0.4) is 0 Å². The van der Waals surface area contributed by atoms with Gasteiger partial charge in [0.15, 0.2) is 0 Å². The maximum absolute atomic E-state index is 10.5. The summed E-state index contributed by atoms with van der Waals surface area (Å²) in [5, 5.41) is 8.63. The predicted octanol–water partition coefficient (Wildman–Crippen LogP) is 2.05. The second-order valence-corrected chi connectivity index (χ2v) is 3.94. The van der Waals surface area contributed by atoms with Crippen molar-refractivity contribution in [2.45, 2.75) is 45.4 Å². The topological polar surface area (TPSA) is 37.3 Å². The van der Waals surface area contributed by atoms with E-state index in [2.05, 4.69) is 6.92 Å². The Morgan fingerprint density at radius 1 is 1.33 bits per heavy atom. The molecule has 67 valence electrons. The molecule has 0 aromatic heterocycles. The number of hydrogen-bond acceptors (Lipinski definition) is 1. The van der Waals surface area contributed by atoms with Gasteiger partial charge in [0.1, 0.15) is 0 Å². The molecule has 1 rings (SSSR count). The number of hydrogen-bond donors (Lipinski definition) is 1. The number of aliphatic carboxylic acids is 1. The molecule has 1 aliphatic carbocycles. The van der Waals surface area contributed by atoms with Gasteiger partial charge in [-0.05, 0) is 18.3 Å². The van der Waals surface area contributed by atoms with Gasteiger partial charge in [-0.2, -0.15) is 0 Å². The first-order valence-corrected chi connectivity index (χ1v) is 4.34. The molecule has 0 atom stereocenters. The van der Waals surface area contributed by atoms with Gasteiger partial charge < -0.3 is 5.11 Å². The Balaban J connectivity index is 0.00000121. The summed E-state index contributed by atoms with van der Waals surface area (Å²) in [6.45, 7) is 2.10. The molecule has 0 bridgehead atoms. The number of rotatable bonds is 2. The van der Waals surface area contributed by atoms with Crippen LogP contribution in [-0.4, -0.2) is 36.9 Å². The van der Waals surface area contributed by atoms with Crippen molar-refractivity contribution in [1.82, 2.24) is 0 Å². The smallest absolute Gasteiger partial charge is 0.303 e. The molecule has 1 N–H and O–H groups in total. The van der Waals surface area contributed by atoms with Crippen LogP contribution in [0.4, 0.5) is 0 Å². The average molecular weight is 271 g/mol. The summed E-state index contributed by atoms with van der Waals surface area (Å²) in [6, 6.07) is 0. The Morgan fingerprint density at radius 2 is 1.83 bits per heavy atom. The van der Waals surface area contributed by atoms with Crippen molar-refractivity contribution in [3.05, 3.63) is 0 Å². The van der Waals surface area contributed by atoms with Crippen molar-refractivity contribution in [1.29, 1.82) is 0 Å². The molecule has 3 heteroatoms. The van der Waals surface area contributed by atoms with Crippen molar-refractivity contribution in [2.24, 2.45) is 5.41 Å².